The summed E-state index contributed by atoms with van der Waals surface area (Å²) < 4.78 is 0. The van der Waals surface area contributed by atoms with Crippen LogP contribution in [-0.2, 0) is 0 Å². The van der Waals surface area contributed by atoms with Gasteiger partial charge in [0, 0.05) is 31.0 Å². The SMILES string of the molecule is C=CCNC(=O)Nc1cccc(N2CCCC2)c1. The molecule has 2 amide bonds. The zero-order valence-corrected chi connectivity index (χ0v) is 10.5. The molecule has 18 heavy (non-hydrogen) atoms. The van der Waals surface area contributed by atoms with E-state index in [1.807, 2.05) is 18.2 Å². The van der Waals surface area contributed by atoms with E-state index in [0.717, 1.165) is 18.8 Å². The summed E-state index contributed by atoms with van der Waals surface area (Å²) in [5, 5.41) is 5.50. The Morgan fingerprint density at radius 1 is 1.39 bits per heavy atom. The second-order valence-electron chi connectivity index (χ2n) is 4.37. The summed E-state index contributed by atoms with van der Waals surface area (Å²) in [4.78, 5) is 13.9. The van der Waals surface area contributed by atoms with Crippen molar-refractivity contribution in [2.75, 3.05) is 29.9 Å². The number of benzene rings is 1. The van der Waals surface area contributed by atoms with Crippen LogP contribution in [0.1, 0.15) is 12.8 Å². The van der Waals surface area contributed by atoms with E-state index in [-0.39, 0.29) is 6.03 Å². The molecule has 1 aliphatic rings. The summed E-state index contributed by atoms with van der Waals surface area (Å²) >= 11 is 0. The molecule has 0 unspecified atom stereocenters. The van der Waals surface area contributed by atoms with Crippen molar-refractivity contribution >= 4 is 17.4 Å². The molecule has 0 radical (unpaired) electrons. The van der Waals surface area contributed by atoms with Crippen LogP contribution in [0.5, 0.6) is 0 Å². The van der Waals surface area contributed by atoms with Crippen LogP contribution in [0.25, 0.3) is 0 Å². The molecule has 0 atom stereocenters. The highest BCUT2D eigenvalue weighted by Crippen LogP contribution is 2.23. The maximum atomic E-state index is 11.5. The predicted octanol–water partition coefficient (Wildman–Crippen LogP) is 2.59. The van der Waals surface area contributed by atoms with E-state index in [1.165, 1.54) is 18.5 Å². The number of urea groups is 1. The lowest BCUT2D eigenvalue weighted by Crippen LogP contribution is -2.28. The van der Waals surface area contributed by atoms with Gasteiger partial charge in [-0.25, -0.2) is 4.79 Å². The zero-order valence-electron chi connectivity index (χ0n) is 10.5. The van der Waals surface area contributed by atoms with Crippen molar-refractivity contribution in [2.24, 2.45) is 0 Å². The van der Waals surface area contributed by atoms with Gasteiger partial charge < -0.3 is 15.5 Å². The van der Waals surface area contributed by atoms with Crippen LogP contribution in [0.4, 0.5) is 16.2 Å². The maximum Gasteiger partial charge on any atom is 0.319 e. The van der Waals surface area contributed by atoms with Crippen LogP contribution < -0.4 is 15.5 Å². The minimum absolute atomic E-state index is 0.200. The van der Waals surface area contributed by atoms with Crippen LogP contribution in [0.2, 0.25) is 0 Å². The highest BCUT2D eigenvalue weighted by Gasteiger charge is 2.12. The Balaban J connectivity index is 1.98. The molecule has 0 aliphatic carbocycles. The molecule has 1 fully saturated rings. The van der Waals surface area contributed by atoms with E-state index >= 15 is 0 Å². The zero-order chi connectivity index (χ0) is 12.8. The van der Waals surface area contributed by atoms with Gasteiger partial charge in [0.1, 0.15) is 0 Å². The van der Waals surface area contributed by atoms with Crippen LogP contribution in [0.15, 0.2) is 36.9 Å². The number of hydrogen-bond donors (Lipinski definition) is 2. The number of nitrogens with zero attached hydrogens (tertiary/aromatic N) is 1. The molecule has 2 rings (SSSR count). The molecule has 2 N–H and O–H groups in total. The Morgan fingerprint density at radius 2 is 2.17 bits per heavy atom. The van der Waals surface area contributed by atoms with Gasteiger partial charge in [-0.05, 0) is 31.0 Å². The molecular weight excluding hydrogens is 226 g/mol. The van der Waals surface area contributed by atoms with Gasteiger partial charge in [0.2, 0.25) is 0 Å². The Kier molecular flexibility index (Phi) is 4.23. The lowest BCUT2D eigenvalue weighted by molar-refractivity contribution is 0.253. The number of carbonyl (C=O) groups excluding carboxylic acids is 1. The van der Waals surface area contributed by atoms with E-state index in [1.54, 1.807) is 6.08 Å². The normalized spacial score (nSPS) is 14.3. The Labute approximate surface area is 108 Å². The second kappa shape index (κ2) is 6.10. The summed E-state index contributed by atoms with van der Waals surface area (Å²) in [7, 11) is 0. The molecule has 0 bridgehead atoms. The topological polar surface area (TPSA) is 44.4 Å². The molecule has 1 saturated heterocycles. The molecular formula is C14H19N3O. The molecule has 4 nitrogen and oxygen atoms in total. The van der Waals surface area contributed by atoms with E-state index < -0.39 is 0 Å². The van der Waals surface area contributed by atoms with Crippen molar-refractivity contribution in [1.82, 2.24) is 5.32 Å². The average Bonchev–Trinajstić information content (AvgIpc) is 2.90. The molecule has 0 aromatic heterocycles. The number of anilines is 2. The van der Waals surface area contributed by atoms with Crippen molar-refractivity contribution < 1.29 is 4.79 Å². The molecule has 1 heterocycles. The highest BCUT2D eigenvalue weighted by atomic mass is 16.2. The molecule has 0 saturated carbocycles. The van der Waals surface area contributed by atoms with Crippen LogP contribution in [0.3, 0.4) is 0 Å². The Hall–Kier alpha value is -1.97. The second-order valence-corrected chi connectivity index (χ2v) is 4.37. The molecule has 4 heteroatoms. The third kappa shape index (κ3) is 3.26. The fourth-order valence-electron chi connectivity index (χ4n) is 2.10. The molecule has 0 spiro atoms. The monoisotopic (exact) mass is 245 g/mol. The minimum Gasteiger partial charge on any atom is -0.371 e. The maximum absolute atomic E-state index is 11.5. The van der Waals surface area contributed by atoms with E-state index in [4.69, 9.17) is 0 Å². The highest BCUT2D eigenvalue weighted by molar-refractivity contribution is 5.89. The van der Waals surface area contributed by atoms with Crippen LogP contribution >= 0.6 is 0 Å². The Bertz CT molecular complexity index is 425. The van der Waals surface area contributed by atoms with Gasteiger partial charge in [-0.3, -0.25) is 0 Å². The number of amides is 2. The molecule has 1 aromatic rings. The quantitative estimate of drug-likeness (QED) is 0.801. The van der Waals surface area contributed by atoms with E-state index in [0.29, 0.717) is 6.54 Å². The van der Waals surface area contributed by atoms with Gasteiger partial charge in [0.05, 0.1) is 0 Å². The van der Waals surface area contributed by atoms with Crippen molar-refractivity contribution in [3.63, 3.8) is 0 Å². The largest absolute Gasteiger partial charge is 0.371 e. The predicted molar refractivity (Wildman–Crippen MR) is 75.1 cm³/mol. The number of carbonyl (C=O) groups is 1. The lowest BCUT2D eigenvalue weighted by Gasteiger charge is -2.18. The molecule has 1 aromatic carbocycles. The summed E-state index contributed by atoms with van der Waals surface area (Å²) in [6.45, 7) is 6.23. The molecule has 96 valence electrons. The number of nitrogens with one attached hydrogen (secondary N) is 2. The van der Waals surface area contributed by atoms with Gasteiger partial charge in [-0.15, -0.1) is 6.58 Å². The standard InChI is InChI=1S/C14H19N3O/c1-2-8-15-14(18)16-12-6-5-7-13(11-12)17-9-3-4-10-17/h2,5-7,11H,1,3-4,8-10H2,(H2,15,16,18). The van der Waals surface area contributed by atoms with Gasteiger partial charge in [0.25, 0.3) is 0 Å². The summed E-state index contributed by atoms with van der Waals surface area (Å²) in [5.41, 5.74) is 2.00. The van der Waals surface area contributed by atoms with Crippen molar-refractivity contribution in [3.05, 3.63) is 36.9 Å². The lowest BCUT2D eigenvalue weighted by atomic mass is 10.2. The first-order valence-corrected chi connectivity index (χ1v) is 6.30. The summed E-state index contributed by atoms with van der Waals surface area (Å²) in [6.07, 6.45) is 4.15. The third-order valence-corrected chi connectivity index (χ3v) is 2.98. The fraction of sp³-hybridized carbons (Fsp3) is 0.357. The van der Waals surface area contributed by atoms with Crippen molar-refractivity contribution in [2.45, 2.75) is 12.8 Å². The van der Waals surface area contributed by atoms with Gasteiger partial charge in [-0.1, -0.05) is 12.1 Å². The first-order valence-electron chi connectivity index (χ1n) is 6.30. The number of rotatable bonds is 4. The summed E-state index contributed by atoms with van der Waals surface area (Å²) in [6, 6.07) is 7.76. The number of hydrogen-bond acceptors (Lipinski definition) is 2. The van der Waals surface area contributed by atoms with E-state index in [2.05, 4.69) is 28.2 Å². The first kappa shape index (κ1) is 12.5. The Morgan fingerprint density at radius 3 is 2.89 bits per heavy atom. The minimum atomic E-state index is -0.200. The van der Waals surface area contributed by atoms with Gasteiger partial charge >= 0.3 is 6.03 Å². The van der Waals surface area contributed by atoms with Gasteiger partial charge in [0.15, 0.2) is 0 Å². The van der Waals surface area contributed by atoms with Crippen molar-refractivity contribution in [1.29, 1.82) is 0 Å². The average molecular weight is 245 g/mol. The van der Waals surface area contributed by atoms with Gasteiger partial charge in [-0.2, -0.15) is 0 Å². The first-order chi connectivity index (χ1) is 8.79. The van der Waals surface area contributed by atoms with Crippen LogP contribution in [-0.4, -0.2) is 25.7 Å². The third-order valence-electron chi connectivity index (χ3n) is 2.98. The smallest absolute Gasteiger partial charge is 0.319 e. The molecule has 1 aliphatic heterocycles. The fourth-order valence-corrected chi connectivity index (χ4v) is 2.10. The van der Waals surface area contributed by atoms with E-state index in [9.17, 15) is 4.79 Å². The van der Waals surface area contributed by atoms with Crippen molar-refractivity contribution in [3.8, 4) is 0 Å². The van der Waals surface area contributed by atoms with Crippen LogP contribution in [0, 0.1) is 0 Å². The summed E-state index contributed by atoms with van der Waals surface area (Å²) in [5.74, 6) is 0.